The molecule has 2 amide bonds. The van der Waals surface area contributed by atoms with E-state index in [2.05, 4.69) is 5.32 Å². The molecule has 2 N–H and O–H groups in total. The van der Waals surface area contributed by atoms with Crippen LogP contribution in [0.5, 0.6) is 0 Å². The number of hydrogen-bond donors (Lipinski definition) is 2. The van der Waals surface area contributed by atoms with Crippen molar-refractivity contribution in [2.45, 2.75) is 37.3 Å². The molecule has 1 aliphatic heterocycles. The largest absolute Gasteiger partial charge is 0.380 e. The number of hydrogen-bond acceptors (Lipinski definition) is 3. The van der Waals surface area contributed by atoms with Crippen LogP contribution in [0.15, 0.2) is 18.2 Å². The number of halogens is 2. The zero-order valence-electron chi connectivity index (χ0n) is 11.8. The minimum Gasteiger partial charge on any atom is -0.380 e. The SMILES string of the molecule is O=C1[C@@H](NC(=O)C2(O)CCC2)CCN1c1ccc(Cl)c(Cl)c1. The topological polar surface area (TPSA) is 69.6 Å². The van der Waals surface area contributed by atoms with Crippen molar-refractivity contribution in [3.63, 3.8) is 0 Å². The molecule has 1 aromatic rings. The lowest BCUT2D eigenvalue weighted by Crippen LogP contribution is -2.55. The molecule has 0 aromatic heterocycles. The molecule has 1 heterocycles. The Balaban J connectivity index is 1.69. The highest BCUT2D eigenvalue weighted by molar-refractivity contribution is 6.42. The number of nitrogens with one attached hydrogen (secondary N) is 1. The summed E-state index contributed by atoms with van der Waals surface area (Å²) in [6, 6.07) is 4.38. The van der Waals surface area contributed by atoms with E-state index in [1.54, 1.807) is 23.1 Å². The van der Waals surface area contributed by atoms with Crippen molar-refractivity contribution in [2.24, 2.45) is 0 Å². The van der Waals surface area contributed by atoms with Crippen molar-refractivity contribution in [1.29, 1.82) is 0 Å². The first kappa shape index (κ1) is 15.6. The fourth-order valence-corrected chi connectivity index (χ4v) is 3.05. The highest BCUT2D eigenvalue weighted by Crippen LogP contribution is 2.33. The maximum atomic E-state index is 12.4. The molecule has 3 rings (SSSR count). The van der Waals surface area contributed by atoms with E-state index in [9.17, 15) is 14.7 Å². The van der Waals surface area contributed by atoms with Gasteiger partial charge < -0.3 is 15.3 Å². The molecule has 1 aromatic carbocycles. The average molecular weight is 343 g/mol. The Morgan fingerprint density at radius 2 is 2.05 bits per heavy atom. The van der Waals surface area contributed by atoms with Gasteiger partial charge in [-0.3, -0.25) is 9.59 Å². The molecule has 0 spiro atoms. The Kier molecular flexibility index (Phi) is 4.05. The van der Waals surface area contributed by atoms with E-state index < -0.39 is 17.6 Å². The van der Waals surface area contributed by atoms with Crippen molar-refractivity contribution < 1.29 is 14.7 Å². The number of rotatable bonds is 3. The molecule has 0 bridgehead atoms. The van der Waals surface area contributed by atoms with Gasteiger partial charge in [0.05, 0.1) is 10.0 Å². The van der Waals surface area contributed by atoms with Crippen LogP contribution in [0.4, 0.5) is 5.69 Å². The van der Waals surface area contributed by atoms with Crippen molar-refractivity contribution in [2.75, 3.05) is 11.4 Å². The van der Waals surface area contributed by atoms with E-state index in [4.69, 9.17) is 23.2 Å². The number of aliphatic hydroxyl groups is 1. The Morgan fingerprint density at radius 1 is 1.32 bits per heavy atom. The number of amides is 2. The lowest BCUT2D eigenvalue weighted by atomic mass is 9.79. The fraction of sp³-hybridized carbons (Fsp3) is 0.467. The zero-order chi connectivity index (χ0) is 15.9. The molecule has 0 unspecified atom stereocenters. The molecule has 2 fully saturated rings. The van der Waals surface area contributed by atoms with E-state index in [-0.39, 0.29) is 5.91 Å². The third-order valence-electron chi connectivity index (χ3n) is 4.33. The molecule has 1 saturated carbocycles. The maximum Gasteiger partial charge on any atom is 0.252 e. The van der Waals surface area contributed by atoms with Gasteiger partial charge in [0.2, 0.25) is 5.91 Å². The molecule has 1 saturated heterocycles. The molecule has 7 heteroatoms. The summed E-state index contributed by atoms with van der Waals surface area (Å²) in [5.41, 5.74) is -0.643. The van der Waals surface area contributed by atoms with E-state index in [1.807, 2.05) is 0 Å². The number of benzene rings is 1. The van der Waals surface area contributed by atoms with Gasteiger partial charge in [0.1, 0.15) is 11.6 Å². The van der Waals surface area contributed by atoms with Crippen molar-refractivity contribution in [1.82, 2.24) is 5.32 Å². The second kappa shape index (κ2) is 5.72. The van der Waals surface area contributed by atoms with E-state index in [1.165, 1.54) is 0 Å². The molecule has 1 atom stereocenters. The zero-order valence-corrected chi connectivity index (χ0v) is 13.3. The Hall–Kier alpha value is -1.30. The van der Waals surface area contributed by atoms with Crippen LogP contribution in [0.1, 0.15) is 25.7 Å². The van der Waals surface area contributed by atoms with Crippen molar-refractivity contribution in [3.8, 4) is 0 Å². The first-order valence-electron chi connectivity index (χ1n) is 7.20. The van der Waals surface area contributed by atoms with Crippen LogP contribution < -0.4 is 10.2 Å². The van der Waals surface area contributed by atoms with Crippen LogP contribution in [-0.2, 0) is 9.59 Å². The molecule has 118 valence electrons. The summed E-state index contributed by atoms with van der Waals surface area (Å²) in [6.45, 7) is 0.486. The predicted molar refractivity (Wildman–Crippen MR) is 84.2 cm³/mol. The second-order valence-corrected chi connectivity index (χ2v) is 6.60. The van der Waals surface area contributed by atoms with Gasteiger partial charge in [-0.2, -0.15) is 0 Å². The Labute approximate surface area is 138 Å². The van der Waals surface area contributed by atoms with Crippen LogP contribution >= 0.6 is 23.2 Å². The number of carbonyl (C=O) groups excluding carboxylic acids is 2. The Morgan fingerprint density at radius 3 is 2.64 bits per heavy atom. The van der Waals surface area contributed by atoms with Crippen LogP contribution in [0.2, 0.25) is 10.0 Å². The van der Waals surface area contributed by atoms with Crippen LogP contribution in [-0.4, -0.2) is 35.1 Å². The van der Waals surface area contributed by atoms with Crippen LogP contribution in [0, 0.1) is 0 Å². The number of anilines is 1. The maximum absolute atomic E-state index is 12.4. The van der Waals surface area contributed by atoms with E-state index >= 15 is 0 Å². The molecule has 1 aliphatic carbocycles. The summed E-state index contributed by atoms with van der Waals surface area (Å²) in [5, 5.41) is 13.5. The summed E-state index contributed by atoms with van der Waals surface area (Å²) in [4.78, 5) is 26.0. The fourth-order valence-electron chi connectivity index (χ4n) is 2.75. The Bertz CT molecular complexity index is 631. The molecule has 0 radical (unpaired) electrons. The highest BCUT2D eigenvalue weighted by Gasteiger charge is 2.44. The summed E-state index contributed by atoms with van der Waals surface area (Å²) in [6.07, 6.45) is 2.24. The van der Waals surface area contributed by atoms with Gasteiger partial charge >= 0.3 is 0 Å². The number of nitrogens with zero attached hydrogens (tertiary/aromatic N) is 1. The lowest BCUT2D eigenvalue weighted by molar-refractivity contribution is -0.150. The minimum absolute atomic E-state index is 0.199. The van der Waals surface area contributed by atoms with Gasteiger partial charge in [0.15, 0.2) is 0 Å². The normalized spacial score (nSPS) is 23.3. The smallest absolute Gasteiger partial charge is 0.252 e. The quantitative estimate of drug-likeness (QED) is 0.883. The molecular formula is C15H16Cl2N2O3. The van der Waals surface area contributed by atoms with Crippen molar-refractivity contribution in [3.05, 3.63) is 28.2 Å². The molecular weight excluding hydrogens is 327 g/mol. The monoisotopic (exact) mass is 342 g/mol. The van der Waals surface area contributed by atoms with E-state index in [0.717, 1.165) is 6.42 Å². The van der Waals surface area contributed by atoms with Gasteiger partial charge in [0, 0.05) is 12.2 Å². The summed E-state index contributed by atoms with van der Waals surface area (Å²) < 4.78 is 0. The van der Waals surface area contributed by atoms with Crippen molar-refractivity contribution >= 4 is 40.7 Å². The third-order valence-corrected chi connectivity index (χ3v) is 5.07. The van der Waals surface area contributed by atoms with Crippen LogP contribution in [0.3, 0.4) is 0 Å². The third kappa shape index (κ3) is 2.69. The van der Waals surface area contributed by atoms with Gasteiger partial charge in [-0.1, -0.05) is 23.2 Å². The minimum atomic E-state index is -1.29. The lowest BCUT2D eigenvalue weighted by Gasteiger charge is -2.35. The molecule has 5 nitrogen and oxygen atoms in total. The standard InChI is InChI=1S/C15H16Cl2N2O3/c16-10-3-2-9(8-11(10)17)19-7-4-12(13(19)20)18-14(21)15(22)5-1-6-15/h2-3,8,12,22H,1,4-7H2,(H,18,21)/t12-/m0/s1. The summed E-state index contributed by atoms with van der Waals surface area (Å²) in [7, 11) is 0. The van der Waals surface area contributed by atoms with Crippen LogP contribution in [0.25, 0.3) is 0 Å². The summed E-state index contributed by atoms with van der Waals surface area (Å²) in [5.74, 6) is -0.650. The molecule has 2 aliphatic rings. The van der Waals surface area contributed by atoms with Gasteiger partial charge in [-0.25, -0.2) is 0 Å². The number of carbonyl (C=O) groups is 2. The first-order valence-corrected chi connectivity index (χ1v) is 7.96. The molecule has 22 heavy (non-hydrogen) atoms. The second-order valence-electron chi connectivity index (χ2n) is 5.79. The average Bonchev–Trinajstić information content (AvgIpc) is 2.80. The highest BCUT2D eigenvalue weighted by atomic mass is 35.5. The summed E-state index contributed by atoms with van der Waals surface area (Å²) >= 11 is 11.8. The first-order chi connectivity index (χ1) is 10.4. The predicted octanol–water partition coefficient (Wildman–Crippen LogP) is 2.13. The van der Waals surface area contributed by atoms with Gasteiger partial charge in [-0.05, 0) is 43.9 Å². The van der Waals surface area contributed by atoms with Gasteiger partial charge in [-0.15, -0.1) is 0 Å². The van der Waals surface area contributed by atoms with Gasteiger partial charge in [0.25, 0.3) is 5.91 Å². The van der Waals surface area contributed by atoms with E-state index in [0.29, 0.717) is 41.5 Å².